The van der Waals surface area contributed by atoms with Crippen molar-refractivity contribution in [3.63, 3.8) is 0 Å². The van der Waals surface area contributed by atoms with Gasteiger partial charge in [-0.05, 0) is 18.6 Å². The van der Waals surface area contributed by atoms with Crippen LogP contribution >= 0.6 is 0 Å². The average molecular weight is 266 g/mol. The largest absolute Gasteiger partial charge is 0.459 e. The number of carbonyl (C=O) groups excluding carboxylic acids is 1. The number of aliphatic hydroxyl groups is 1. The summed E-state index contributed by atoms with van der Waals surface area (Å²) in [5.74, 6) is -0.408. The first-order valence-corrected chi connectivity index (χ1v) is 6.21. The lowest BCUT2D eigenvalue weighted by atomic mass is 10.1. The summed E-state index contributed by atoms with van der Waals surface area (Å²) in [6.07, 6.45) is -1.24. The number of hydrogen-bond acceptors (Lipinski definition) is 5. The van der Waals surface area contributed by atoms with Gasteiger partial charge < -0.3 is 19.3 Å². The third kappa shape index (κ3) is 3.32. The molecule has 0 aliphatic carbocycles. The first-order valence-electron chi connectivity index (χ1n) is 6.21. The monoisotopic (exact) mass is 266 g/mol. The molecular weight excluding hydrogens is 248 g/mol. The zero-order valence-corrected chi connectivity index (χ0v) is 11.0. The fourth-order valence-corrected chi connectivity index (χ4v) is 2.03. The predicted molar refractivity (Wildman–Crippen MR) is 67.8 cm³/mol. The molecular formula is C14H18O5. The highest BCUT2D eigenvalue weighted by molar-refractivity contribution is 5.90. The number of aryl methyl sites for hydroxylation is 1. The summed E-state index contributed by atoms with van der Waals surface area (Å²) in [4.78, 5) is 11.9. The molecule has 0 radical (unpaired) electrons. The van der Waals surface area contributed by atoms with Gasteiger partial charge in [0.2, 0.25) is 0 Å². The number of benzene rings is 1. The molecule has 1 aromatic rings. The van der Waals surface area contributed by atoms with Crippen LogP contribution in [0.2, 0.25) is 0 Å². The number of hydrogen-bond donors (Lipinski definition) is 1. The van der Waals surface area contributed by atoms with Crippen LogP contribution in [0.4, 0.5) is 0 Å². The van der Waals surface area contributed by atoms with E-state index in [4.69, 9.17) is 14.2 Å². The van der Waals surface area contributed by atoms with Gasteiger partial charge in [-0.15, -0.1) is 0 Å². The van der Waals surface area contributed by atoms with Crippen molar-refractivity contribution in [3.05, 3.63) is 35.4 Å². The SMILES string of the molecule is CO[C@@H]1C[C@@H](O)[C@H](COC(=O)c2ccccc2C)O1. The molecule has 1 N–H and O–H groups in total. The first kappa shape index (κ1) is 14.0. The molecule has 1 saturated heterocycles. The van der Waals surface area contributed by atoms with Crippen molar-refractivity contribution in [2.24, 2.45) is 0 Å². The molecule has 2 rings (SSSR count). The van der Waals surface area contributed by atoms with Gasteiger partial charge in [0.15, 0.2) is 6.29 Å². The summed E-state index contributed by atoms with van der Waals surface area (Å²) >= 11 is 0. The van der Waals surface area contributed by atoms with Crippen LogP contribution in [0.5, 0.6) is 0 Å². The molecule has 5 heteroatoms. The zero-order chi connectivity index (χ0) is 13.8. The number of carbonyl (C=O) groups is 1. The molecule has 0 saturated carbocycles. The predicted octanol–water partition coefficient (Wildman–Crippen LogP) is 1.27. The van der Waals surface area contributed by atoms with Crippen molar-refractivity contribution in [1.82, 2.24) is 0 Å². The van der Waals surface area contributed by atoms with Gasteiger partial charge in [-0.2, -0.15) is 0 Å². The Morgan fingerprint density at radius 1 is 1.47 bits per heavy atom. The highest BCUT2D eigenvalue weighted by Crippen LogP contribution is 2.21. The minimum absolute atomic E-state index is 0.0220. The van der Waals surface area contributed by atoms with Gasteiger partial charge >= 0.3 is 5.97 Å². The molecule has 1 aliphatic rings. The molecule has 0 amide bonds. The van der Waals surface area contributed by atoms with Crippen molar-refractivity contribution < 1.29 is 24.1 Å². The lowest BCUT2D eigenvalue weighted by molar-refractivity contribution is -0.128. The van der Waals surface area contributed by atoms with E-state index in [1.54, 1.807) is 12.1 Å². The average Bonchev–Trinajstić information content (AvgIpc) is 2.77. The number of ether oxygens (including phenoxy) is 3. The Kier molecular flexibility index (Phi) is 4.52. The fourth-order valence-electron chi connectivity index (χ4n) is 2.03. The van der Waals surface area contributed by atoms with Gasteiger partial charge in [0, 0.05) is 13.5 Å². The highest BCUT2D eigenvalue weighted by atomic mass is 16.7. The molecule has 1 fully saturated rings. The Morgan fingerprint density at radius 2 is 2.21 bits per heavy atom. The van der Waals surface area contributed by atoms with E-state index in [-0.39, 0.29) is 6.61 Å². The first-order chi connectivity index (χ1) is 9.11. The molecule has 1 aromatic carbocycles. The minimum Gasteiger partial charge on any atom is -0.459 e. The van der Waals surface area contributed by atoms with E-state index in [1.165, 1.54) is 7.11 Å². The lowest BCUT2D eigenvalue weighted by Gasteiger charge is -2.15. The normalized spacial score (nSPS) is 26.4. The topological polar surface area (TPSA) is 65.0 Å². The second kappa shape index (κ2) is 6.14. The molecule has 5 nitrogen and oxygen atoms in total. The van der Waals surface area contributed by atoms with E-state index < -0.39 is 24.5 Å². The Hall–Kier alpha value is -1.43. The molecule has 3 atom stereocenters. The molecule has 0 unspecified atom stereocenters. The van der Waals surface area contributed by atoms with Crippen LogP contribution in [-0.2, 0) is 14.2 Å². The summed E-state index contributed by atoms with van der Waals surface area (Å²) in [5.41, 5.74) is 1.38. The van der Waals surface area contributed by atoms with Crippen LogP contribution in [0.15, 0.2) is 24.3 Å². The van der Waals surface area contributed by atoms with Crippen molar-refractivity contribution >= 4 is 5.97 Å². The number of rotatable bonds is 4. The molecule has 1 aliphatic heterocycles. The number of esters is 1. The van der Waals surface area contributed by atoms with Crippen molar-refractivity contribution in [3.8, 4) is 0 Å². The maximum absolute atomic E-state index is 11.9. The van der Waals surface area contributed by atoms with E-state index in [9.17, 15) is 9.90 Å². The molecule has 104 valence electrons. The van der Waals surface area contributed by atoms with Crippen LogP contribution in [0.25, 0.3) is 0 Å². The standard InChI is InChI=1S/C14H18O5/c1-9-5-3-4-6-10(9)14(16)18-8-12-11(15)7-13(17-2)19-12/h3-6,11-13,15H,7-8H2,1-2H3/t11-,12+,13+/m1/s1. The second-order valence-corrected chi connectivity index (χ2v) is 4.56. The highest BCUT2D eigenvalue weighted by Gasteiger charge is 2.34. The summed E-state index contributed by atoms with van der Waals surface area (Å²) in [5, 5.41) is 9.73. The summed E-state index contributed by atoms with van der Waals surface area (Å²) < 4.78 is 15.6. The lowest BCUT2D eigenvalue weighted by Crippen LogP contribution is -2.28. The van der Waals surface area contributed by atoms with E-state index in [2.05, 4.69) is 0 Å². The van der Waals surface area contributed by atoms with E-state index in [1.807, 2.05) is 19.1 Å². The van der Waals surface area contributed by atoms with Crippen LogP contribution in [-0.4, -0.2) is 43.3 Å². The Balaban J connectivity index is 1.89. The minimum atomic E-state index is -0.672. The quantitative estimate of drug-likeness (QED) is 0.831. The van der Waals surface area contributed by atoms with Gasteiger partial charge in [0.1, 0.15) is 12.7 Å². The summed E-state index contributed by atoms with van der Waals surface area (Å²) in [7, 11) is 1.51. The Labute approximate surface area is 112 Å². The van der Waals surface area contributed by atoms with E-state index in [0.717, 1.165) is 5.56 Å². The number of aliphatic hydroxyl groups excluding tert-OH is 1. The van der Waals surface area contributed by atoms with E-state index in [0.29, 0.717) is 12.0 Å². The Morgan fingerprint density at radius 3 is 2.84 bits per heavy atom. The maximum atomic E-state index is 11.9. The van der Waals surface area contributed by atoms with Crippen LogP contribution in [0.3, 0.4) is 0 Å². The van der Waals surface area contributed by atoms with E-state index >= 15 is 0 Å². The third-order valence-electron chi connectivity index (χ3n) is 3.20. The number of methoxy groups -OCH3 is 1. The van der Waals surface area contributed by atoms with Crippen LogP contribution in [0, 0.1) is 6.92 Å². The van der Waals surface area contributed by atoms with Gasteiger partial charge in [-0.1, -0.05) is 18.2 Å². The third-order valence-corrected chi connectivity index (χ3v) is 3.20. The molecule has 1 heterocycles. The Bertz CT molecular complexity index is 445. The fraction of sp³-hybridized carbons (Fsp3) is 0.500. The van der Waals surface area contributed by atoms with Gasteiger partial charge in [0.25, 0.3) is 0 Å². The molecule has 0 spiro atoms. The molecule has 19 heavy (non-hydrogen) atoms. The maximum Gasteiger partial charge on any atom is 0.338 e. The van der Waals surface area contributed by atoms with Gasteiger partial charge in [0.05, 0.1) is 11.7 Å². The smallest absolute Gasteiger partial charge is 0.338 e. The summed E-state index contributed by atoms with van der Waals surface area (Å²) in [6, 6.07) is 7.20. The van der Waals surface area contributed by atoms with Crippen molar-refractivity contribution in [2.45, 2.75) is 31.8 Å². The zero-order valence-electron chi connectivity index (χ0n) is 11.0. The van der Waals surface area contributed by atoms with Gasteiger partial charge in [-0.25, -0.2) is 4.79 Å². The van der Waals surface area contributed by atoms with Gasteiger partial charge in [-0.3, -0.25) is 0 Å². The van der Waals surface area contributed by atoms with Crippen LogP contribution in [0.1, 0.15) is 22.3 Å². The van der Waals surface area contributed by atoms with Crippen LogP contribution < -0.4 is 0 Å². The molecule has 0 aromatic heterocycles. The van der Waals surface area contributed by atoms with Crippen molar-refractivity contribution in [2.75, 3.05) is 13.7 Å². The second-order valence-electron chi connectivity index (χ2n) is 4.56. The summed E-state index contributed by atoms with van der Waals surface area (Å²) in [6.45, 7) is 1.87. The molecule has 0 bridgehead atoms. The van der Waals surface area contributed by atoms with Crippen molar-refractivity contribution in [1.29, 1.82) is 0 Å².